The number of nitrogens with zero attached hydrogens (tertiary/aromatic N) is 3. The summed E-state index contributed by atoms with van der Waals surface area (Å²) in [4.78, 5) is 21.1. The van der Waals surface area contributed by atoms with Gasteiger partial charge in [-0.05, 0) is 49.2 Å². The van der Waals surface area contributed by atoms with E-state index in [1.54, 1.807) is 19.1 Å². The minimum Gasteiger partial charge on any atom is -0.494 e. The van der Waals surface area contributed by atoms with Gasteiger partial charge in [0.1, 0.15) is 5.75 Å². The summed E-state index contributed by atoms with van der Waals surface area (Å²) in [6.07, 6.45) is 9.56. The van der Waals surface area contributed by atoms with Crippen LogP contribution in [0, 0.1) is 10.1 Å². The molecule has 0 unspecified atom stereocenters. The SMILES string of the molecule is CC(=O)SCCCCCCCCCCOc1ccc(N=Nc2ccc([N+](=O)[O-])cc2)cc1. The molecule has 0 saturated heterocycles. The molecule has 0 aliphatic carbocycles. The second-order valence-electron chi connectivity index (χ2n) is 7.48. The Kier molecular flexibility index (Phi) is 12.1. The Labute approximate surface area is 193 Å². The lowest BCUT2D eigenvalue weighted by molar-refractivity contribution is -0.384. The number of ether oxygens (including phenoxy) is 1. The number of unbranched alkanes of at least 4 members (excludes halogenated alkanes) is 7. The van der Waals surface area contributed by atoms with Crippen molar-refractivity contribution in [2.45, 2.75) is 58.3 Å². The molecule has 0 atom stereocenters. The van der Waals surface area contributed by atoms with Crippen LogP contribution in [0.5, 0.6) is 5.75 Å². The van der Waals surface area contributed by atoms with Crippen molar-refractivity contribution < 1.29 is 14.5 Å². The van der Waals surface area contributed by atoms with E-state index in [9.17, 15) is 14.9 Å². The number of hydrogen-bond acceptors (Lipinski definition) is 7. The largest absolute Gasteiger partial charge is 0.494 e. The van der Waals surface area contributed by atoms with Gasteiger partial charge < -0.3 is 4.74 Å². The van der Waals surface area contributed by atoms with E-state index >= 15 is 0 Å². The van der Waals surface area contributed by atoms with Crippen molar-refractivity contribution in [3.63, 3.8) is 0 Å². The van der Waals surface area contributed by atoms with Crippen LogP contribution < -0.4 is 4.74 Å². The third-order valence-corrected chi connectivity index (χ3v) is 5.69. The summed E-state index contributed by atoms with van der Waals surface area (Å²) in [7, 11) is 0. The van der Waals surface area contributed by atoms with E-state index in [1.165, 1.54) is 62.4 Å². The Hall–Kier alpha value is -2.74. The second-order valence-corrected chi connectivity index (χ2v) is 8.76. The van der Waals surface area contributed by atoms with Crippen molar-refractivity contribution in [1.29, 1.82) is 0 Å². The van der Waals surface area contributed by atoms with E-state index in [-0.39, 0.29) is 10.8 Å². The first-order valence-electron chi connectivity index (χ1n) is 11.1. The van der Waals surface area contributed by atoms with E-state index in [0.29, 0.717) is 18.0 Å². The smallest absolute Gasteiger partial charge is 0.269 e. The van der Waals surface area contributed by atoms with Crippen molar-refractivity contribution in [3.8, 4) is 5.75 Å². The van der Waals surface area contributed by atoms with Crippen LogP contribution in [0.3, 0.4) is 0 Å². The summed E-state index contributed by atoms with van der Waals surface area (Å²) in [5.41, 5.74) is 1.28. The van der Waals surface area contributed by atoms with Gasteiger partial charge in [0.05, 0.1) is 22.9 Å². The molecule has 0 fully saturated rings. The fraction of sp³-hybridized carbons (Fsp3) is 0.458. The van der Waals surface area contributed by atoms with Crippen LogP contribution >= 0.6 is 11.8 Å². The molecular formula is C24H31N3O4S. The summed E-state index contributed by atoms with van der Waals surface area (Å²) in [6, 6.07) is 13.3. The monoisotopic (exact) mass is 457 g/mol. The number of benzene rings is 2. The summed E-state index contributed by atoms with van der Waals surface area (Å²) in [5, 5.41) is 19.1. The summed E-state index contributed by atoms with van der Waals surface area (Å²) < 4.78 is 5.78. The van der Waals surface area contributed by atoms with E-state index in [2.05, 4.69) is 10.2 Å². The van der Waals surface area contributed by atoms with Gasteiger partial charge in [0, 0.05) is 24.8 Å². The number of non-ortho nitro benzene ring substituents is 1. The Morgan fingerprint density at radius 2 is 1.34 bits per heavy atom. The first-order chi connectivity index (χ1) is 15.5. The minimum atomic E-state index is -0.443. The van der Waals surface area contributed by atoms with Crippen LogP contribution in [-0.2, 0) is 4.79 Å². The minimum absolute atomic E-state index is 0.0298. The molecule has 2 aromatic rings. The summed E-state index contributed by atoms with van der Waals surface area (Å²) in [6.45, 7) is 2.33. The van der Waals surface area contributed by atoms with Crippen LogP contribution in [0.25, 0.3) is 0 Å². The van der Waals surface area contributed by atoms with Crippen LogP contribution in [0.4, 0.5) is 17.1 Å². The standard InChI is InChI=1S/C24H31N3O4S/c1-20(28)32-19-9-7-5-3-2-4-6-8-18-31-24-16-12-22(13-17-24)26-25-21-10-14-23(15-11-21)27(29)30/h10-17H,2-9,18-19H2,1H3. The first kappa shape index (κ1) is 25.5. The maximum absolute atomic E-state index is 10.8. The summed E-state index contributed by atoms with van der Waals surface area (Å²) in [5.74, 6) is 1.76. The van der Waals surface area contributed by atoms with Gasteiger partial charge in [0.15, 0.2) is 5.12 Å². The molecule has 7 nitrogen and oxygen atoms in total. The average molecular weight is 458 g/mol. The first-order valence-corrected chi connectivity index (χ1v) is 12.1. The lowest BCUT2D eigenvalue weighted by Gasteiger charge is -2.06. The van der Waals surface area contributed by atoms with Crippen LogP contribution in [0.2, 0.25) is 0 Å². The molecule has 0 aliphatic heterocycles. The zero-order valence-corrected chi connectivity index (χ0v) is 19.4. The fourth-order valence-electron chi connectivity index (χ4n) is 3.04. The molecule has 32 heavy (non-hydrogen) atoms. The molecule has 2 rings (SSSR count). The molecule has 0 bridgehead atoms. The van der Waals surface area contributed by atoms with Crippen molar-refractivity contribution in [3.05, 3.63) is 58.6 Å². The van der Waals surface area contributed by atoms with Crippen LogP contribution in [0.15, 0.2) is 58.8 Å². The normalized spacial score (nSPS) is 11.0. The fourth-order valence-corrected chi connectivity index (χ4v) is 3.67. The van der Waals surface area contributed by atoms with Gasteiger partial charge in [-0.25, -0.2) is 0 Å². The van der Waals surface area contributed by atoms with Gasteiger partial charge in [-0.1, -0.05) is 50.3 Å². The summed E-state index contributed by atoms with van der Waals surface area (Å²) >= 11 is 1.43. The van der Waals surface area contributed by atoms with Gasteiger partial charge in [0.25, 0.3) is 5.69 Å². The Balaban J connectivity index is 1.54. The van der Waals surface area contributed by atoms with Crippen LogP contribution in [0.1, 0.15) is 58.3 Å². The molecule has 0 radical (unpaired) electrons. The lowest BCUT2D eigenvalue weighted by Crippen LogP contribution is -1.97. The molecule has 0 aromatic heterocycles. The average Bonchev–Trinajstić information content (AvgIpc) is 2.79. The number of rotatable bonds is 15. The highest BCUT2D eigenvalue weighted by atomic mass is 32.2. The lowest BCUT2D eigenvalue weighted by atomic mass is 10.1. The van der Waals surface area contributed by atoms with E-state index in [4.69, 9.17) is 4.74 Å². The number of azo groups is 1. The third kappa shape index (κ3) is 11.0. The Bertz CT molecular complexity index is 855. The molecular weight excluding hydrogens is 426 g/mol. The predicted molar refractivity (Wildman–Crippen MR) is 129 cm³/mol. The number of thioether (sulfide) groups is 1. The van der Waals surface area contributed by atoms with Gasteiger partial charge in [-0.15, -0.1) is 0 Å². The third-order valence-electron chi connectivity index (χ3n) is 4.79. The molecule has 0 amide bonds. The van der Waals surface area contributed by atoms with Crippen LogP contribution in [-0.4, -0.2) is 22.4 Å². The van der Waals surface area contributed by atoms with Crippen molar-refractivity contribution in [1.82, 2.24) is 0 Å². The maximum atomic E-state index is 10.8. The second kappa shape index (κ2) is 15.1. The molecule has 0 N–H and O–H groups in total. The van der Waals surface area contributed by atoms with Gasteiger partial charge in [0.2, 0.25) is 0 Å². The molecule has 172 valence electrons. The Morgan fingerprint density at radius 1 is 0.844 bits per heavy atom. The van der Waals surface area contributed by atoms with E-state index in [0.717, 1.165) is 24.3 Å². The topological polar surface area (TPSA) is 94.2 Å². The van der Waals surface area contributed by atoms with E-state index < -0.39 is 4.92 Å². The highest BCUT2D eigenvalue weighted by Gasteiger charge is 2.03. The predicted octanol–water partition coefficient (Wildman–Crippen LogP) is 7.79. The molecule has 0 aliphatic rings. The number of carbonyl (C=O) groups is 1. The highest BCUT2D eigenvalue weighted by molar-refractivity contribution is 8.13. The quantitative estimate of drug-likeness (QED) is 0.118. The highest BCUT2D eigenvalue weighted by Crippen LogP contribution is 2.23. The number of nitro benzene ring substituents is 1. The molecule has 8 heteroatoms. The van der Waals surface area contributed by atoms with Crippen molar-refractivity contribution in [2.75, 3.05) is 12.4 Å². The number of hydrogen-bond donors (Lipinski definition) is 0. The van der Waals surface area contributed by atoms with Gasteiger partial charge in [-0.3, -0.25) is 14.9 Å². The maximum Gasteiger partial charge on any atom is 0.269 e. The molecule has 2 aromatic carbocycles. The molecule has 0 saturated carbocycles. The zero-order chi connectivity index (χ0) is 23.0. The number of nitro groups is 1. The Morgan fingerprint density at radius 3 is 1.88 bits per heavy atom. The zero-order valence-electron chi connectivity index (χ0n) is 18.6. The van der Waals surface area contributed by atoms with Gasteiger partial charge >= 0.3 is 0 Å². The van der Waals surface area contributed by atoms with Crippen molar-refractivity contribution in [2.24, 2.45) is 10.2 Å². The number of carbonyl (C=O) groups excluding carboxylic acids is 1. The van der Waals surface area contributed by atoms with E-state index in [1.807, 2.05) is 24.3 Å². The van der Waals surface area contributed by atoms with Crippen molar-refractivity contribution >= 4 is 33.9 Å². The molecule has 0 spiro atoms. The van der Waals surface area contributed by atoms with Gasteiger partial charge in [-0.2, -0.15) is 10.2 Å². The molecule has 0 heterocycles.